The van der Waals surface area contributed by atoms with Gasteiger partial charge in [0.15, 0.2) is 5.78 Å². The van der Waals surface area contributed by atoms with Gasteiger partial charge in [-0.1, -0.05) is 52.3 Å². The van der Waals surface area contributed by atoms with Crippen LogP contribution in [0.3, 0.4) is 0 Å². The minimum Gasteiger partial charge on any atom is -0.293 e. The Bertz CT molecular complexity index is 592. The molecule has 20 heavy (non-hydrogen) atoms. The fraction of sp³-hybridized carbons (Fsp3) is 0.235. The van der Waals surface area contributed by atoms with E-state index in [1.807, 2.05) is 43.3 Å². The summed E-state index contributed by atoms with van der Waals surface area (Å²) in [7, 11) is 0. The maximum absolute atomic E-state index is 12.3. The summed E-state index contributed by atoms with van der Waals surface area (Å²) < 4.78 is 0.995. The van der Waals surface area contributed by atoms with E-state index < -0.39 is 0 Å². The third kappa shape index (κ3) is 3.97. The second-order valence-electron chi connectivity index (χ2n) is 4.75. The highest BCUT2D eigenvalue weighted by atomic mass is 79.9. The molecule has 1 nitrogen and oxygen atoms in total. The predicted molar refractivity (Wildman–Crippen MR) is 90.4 cm³/mol. The topological polar surface area (TPSA) is 17.1 Å². The number of aryl methyl sites for hydroxylation is 1. The van der Waals surface area contributed by atoms with Gasteiger partial charge in [0, 0.05) is 15.8 Å². The minimum absolute atomic E-state index is 0.0317. The number of Topliss-reactive ketones (excluding diaryl/α,β-unsaturated/α-hetero) is 1. The van der Waals surface area contributed by atoms with Crippen LogP contribution in [0.5, 0.6) is 0 Å². The van der Waals surface area contributed by atoms with Gasteiger partial charge >= 0.3 is 0 Å². The maximum Gasteiger partial charge on any atom is 0.175 e. The zero-order valence-electron chi connectivity index (χ0n) is 11.6. The molecule has 0 amide bonds. The van der Waals surface area contributed by atoms with E-state index in [4.69, 9.17) is 0 Å². The summed E-state index contributed by atoms with van der Waals surface area (Å²) in [4.78, 5) is 12.3. The summed E-state index contributed by atoms with van der Waals surface area (Å²) in [6.45, 7) is 4.09. The molecule has 1 unspecified atom stereocenters. The van der Waals surface area contributed by atoms with E-state index in [0.717, 1.165) is 15.8 Å². The zero-order chi connectivity index (χ0) is 14.5. The van der Waals surface area contributed by atoms with Crippen molar-refractivity contribution in [2.75, 3.05) is 0 Å². The van der Waals surface area contributed by atoms with Crippen LogP contribution in [-0.2, 0) is 5.75 Å². The first-order chi connectivity index (χ1) is 9.58. The van der Waals surface area contributed by atoms with Crippen LogP contribution in [0.2, 0.25) is 0 Å². The summed E-state index contributed by atoms with van der Waals surface area (Å²) in [5.74, 6) is 1.06. The Morgan fingerprint density at radius 2 is 1.80 bits per heavy atom. The van der Waals surface area contributed by atoms with Gasteiger partial charge in [-0.05, 0) is 37.1 Å². The third-order valence-corrected chi connectivity index (χ3v) is 4.97. The van der Waals surface area contributed by atoms with Crippen LogP contribution < -0.4 is 0 Å². The van der Waals surface area contributed by atoms with Gasteiger partial charge in [-0.15, -0.1) is 11.8 Å². The molecule has 0 aliphatic rings. The standard InChI is InChI=1S/C17H17BrOS/c1-12-5-3-4-6-15(12)11-20-13(2)17(19)14-7-9-16(18)10-8-14/h3-10,13H,11H2,1-2H3. The molecular weight excluding hydrogens is 332 g/mol. The van der Waals surface area contributed by atoms with Crippen LogP contribution in [0.4, 0.5) is 0 Å². The number of carbonyl (C=O) groups excluding carboxylic acids is 1. The molecule has 0 aromatic heterocycles. The Hall–Kier alpha value is -1.06. The number of carbonyl (C=O) groups is 1. The van der Waals surface area contributed by atoms with Crippen molar-refractivity contribution in [1.82, 2.24) is 0 Å². The van der Waals surface area contributed by atoms with Crippen LogP contribution in [0.1, 0.15) is 28.4 Å². The van der Waals surface area contributed by atoms with Gasteiger partial charge in [-0.25, -0.2) is 0 Å². The number of hydrogen-bond acceptors (Lipinski definition) is 2. The average Bonchev–Trinajstić information content (AvgIpc) is 2.46. The molecule has 0 spiro atoms. The Morgan fingerprint density at radius 3 is 2.45 bits per heavy atom. The first-order valence-electron chi connectivity index (χ1n) is 6.54. The zero-order valence-corrected chi connectivity index (χ0v) is 14.0. The van der Waals surface area contributed by atoms with E-state index in [2.05, 4.69) is 35.0 Å². The minimum atomic E-state index is -0.0317. The molecule has 2 aromatic carbocycles. The molecule has 1 atom stereocenters. The Balaban J connectivity index is 1.98. The van der Waals surface area contributed by atoms with Crippen LogP contribution in [0, 0.1) is 6.92 Å². The SMILES string of the molecule is Cc1ccccc1CSC(C)C(=O)c1ccc(Br)cc1. The van der Waals surface area contributed by atoms with Crippen molar-refractivity contribution in [2.45, 2.75) is 24.9 Å². The van der Waals surface area contributed by atoms with Crippen LogP contribution in [0.15, 0.2) is 53.0 Å². The van der Waals surface area contributed by atoms with Crippen molar-refractivity contribution in [3.8, 4) is 0 Å². The fourth-order valence-corrected chi connectivity index (χ4v) is 3.22. The number of hydrogen-bond donors (Lipinski definition) is 0. The molecule has 0 fully saturated rings. The summed E-state index contributed by atoms with van der Waals surface area (Å²) in [6.07, 6.45) is 0. The monoisotopic (exact) mass is 348 g/mol. The molecule has 2 aromatic rings. The van der Waals surface area contributed by atoms with E-state index in [9.17, 15) is 4.79 Å². The lowest BCUT2D eigenvalue weighted by atomic mass is 10.1. The van der Waals surface area contributed by atoms with Gasteiger partial charge in [0.1, 0.15) is 0 Å². The van der Waals surface area contributed by atoms with E-state index >= 15 is 0 Å². The number of benzene rings is 2. The van der Waals surface area contributed by atoms with E-state index in [-0.39, 0.29) is 11.0 Å². The maximum atomic E-state index is 12.3. The van der Waals surface area contributed by atoms with Gasteiger partial charge in [0.2, 0.25) is 0 Å². The molecule has 3 heteroatoms. The lowest BCUT2D eigenvalue weighted by Crippen LogP contribution is -2.13. The van der Waals surface area contributed by atoms with Gasteiger partial charge in [0.05, 0.1) is 5.25 Å². The number of ketones is 1. The molecule has 0 heterocycles. The first kappa shape index (κ1) is 15.3. The highest BCUT2D eigenvalue weighted by Crippen LogP contribution is 2.23. The lowest BCUT2D eigenvalue weighted by Gasteiger charge is -2.11. The summed E-state index contributed by atoms with van der Waals surface area (Å²) in [5.41, 5.74) is 3.36. The third-order valence-electron chi connectivity index (χ3n) is 3.25. The second kappa shape index (κ2) is 7.09. The van der Waals surface area contributed by atoms with E-state index in [1.54, 1.807) is 11.8 Å². The van der Waals surface area contributed by atoms with Crippen molar-refractivity contribution >= 4 is 33.5 Å². The van der Waals surface area contributed by atoms with Crippen molar-refractivity contribution in [3.63, 3.8) is 0 Å². The van der Waals surface area contributed by atoms with Crippen LogP contribution in [-0.4, -0.2) is 11.0 Å². The van der Waals surface area contributed by atoms with Gasteiger partial charge < -0.3 is 0 Å². The molecule has 0 aliphatic carbocycles. The molecule has 0 N–H and O–H groups in total. The molecule has 0 radical (unpaired) electrons. The largest absolute Gasteiger partial charge is 0.293 e. The van der Waals surface area contributed by atoms with Crippen molar-refractivity contribution < 1.29 is 4.79 Å². The molecule has 0 saturated carbocycles. The van der Waals surface area contributed by atoms with E-state index in [0.29, 0.717) is 0 Å². The van der Waals surface area contributed by atoms with Gasteiger partial charge in [0.25, 0.3) is 0 Å². The predicted octanol–water partition coefficient (Wildman–Crippen LogP) is 5.26. The normalized spacial score (nSPS) is 12.2. The van der Waals surface area contributed by atoms with Crippen LogP contribution in [0.25, 0.3) is 0 Å². The number of halogens is 1. The lowest BCUT2D eigenvalue weighted by molar-refractivity contribution is 0.0994. The molecule has 0 saturated heterocycles. The molecule has 0 bridgehead atoms. The number of rotatable bonds is 5. The van der Waals surface area contributed by atoms with Crippen molar-refractivity contribution in [3.05, 3.63) is 69.7 Å². The Kier molecular flexibility index (Phi) is 5.44. The van der Waals surface area contributed by atoms with Gasteiger partial charge in [-0.2, -0.15) is 0 Å². The quantitative estimate of drug-likeness (QED) is 0.685. The molecule has 0 aliphatic heterocycles. The molecule has 2 rings (SSSR count). The molecular formula is C17H17BrOS. The summed E-state index contributed by atoms with van der Waals surface area (Å²) in [5, 5.41) is -0.0317. The fourth-order valence-electron chi connectivity index (χ4n) is 1.91. The molecule has 104 valence electrons. The van der Waals surface area contributed by atoms with Gasteiger partial charge in [-0.3, -0.25) is 4.79 Å². The Labute approximate surface area is 132 Å². The summed E-state index contributed by atoms with van der Waals surface area (Å²) in [6, 6.07) is 15.9. The Morgan fingerprint density at radius 1 is 1.15 bits per heavy atom. The van der Waals surface area contributed by atoms with E-state index in [1.165, 1.54) is 11.1 Å². The smallest absolute Gasteiger partial charge is 0.175 e. The highest BCUT2D eigenvalue weighted by molar-refractivity contribution is 9.10. The number of thioether (sulfide) groups is 1. The van der Waals surface area contributed by atoms with Crippen LogP contribution >= 0.6 is 27.7 Å². The first-order valence-corrected chi connectivity index (χ1v) is 8.38. The summed E-state index contributed by atoms with van der Waals surface area (Å²) >= 11 is 5.07. The second-order valence-corrected chi connectivity index (χ2v) is 7.00. The highest BCUT2D eigenvalue weighted by Gasteiger charge is 2.15. The van der Waals surface area contributed by atoms with Crippen molar-refractivity contribution in [2.24, 2.45) is 0 Å². The average molecular weight is 349 g/mol. The van der Waals surface area contributed by atoms with Crippen molar-refractivity contribution in [1.29, 1.82) is 0 Å².